The van der Waals surface area contributed by atoms with E-state index in [-0.39, 0.29) is 12.4 Å². The number of hydrogen-bond donors (Lipinski definition) is 2. The number of rotatable bonds is 1. The van der Waals surface area contributed by atoms with Crippen LogP contribution in [0.1, 0.15) is 5.56 Å². The predicted molar refractivity (Wildman–Crippen MR) is 43.8 cm³/mol. The van der Waals surface area contributed by atoms with Crippen molar-refractivity contribution in [3.8, 4) is 0 Å². The Labute approximate surface area is 65.8 Å². The molecule has 56 valence electrons. The molecular weight excluding hydrogens is 150 g/mol. The first-order chi connectivity index (χ1) is 4.33. The van der Waals surface area contributed by atoms with Gasteiger partial charge in [0.05, 0.1) is 0 Å². The van der Waals surface area contributed by atoms with Crippen molar-refractivity contribution < 1.29 is 0 Å². The predicted octanol–water partition coefficient (Wildman–Crippen LogP) is 0.544. The average Bonchev–Trinajstić information content (AvgIpc) is 1.90. The van der Waals surface area contributed by atoms with E-state index in [1.165, 1.54) is 0 Å². The molecule has 0 bridgehead atoms. The molecule has 0 aromatic carbocycles. The number of nitrogens with two attached hydrogens (primary N) is 2. The first kappa shape index (κ1) is 9.20. The molecular formula is C6H10ClN3. The Morgan fingerprint density at radius 3 is 2.50 bits per heavy atom. The molecule has 0 radical (unpaired) electrons. The fraction of sp³-hybridized carbons (Fsp3) is 0.167. The Morgan fingerprint density at radius 2 is 2.10 bits per heavy atom. The molecule has 10 heavy (non-hydrogen) atoms. The highest BCUT2D eigenvalue weighted by Crippen LogP contribution is 1.98. The Bertz CT molecular complexity index is 185. The highest BCUT2D eigenvalue weighted by atomic mass is 35.5. The van der Waals surface area contributed by atoms with Gasteiger partial charge in [-0.1, -0.05) is 6.07 Å². The summed E-state index contributed by atoms with van der Waals surface area (Å²) in [5.41, 5.74) is 11.7. The fourth-order valence-corrected chi connectivity index (χ4v) is 0.557. The third-order valence-corrected chi connectivity index (χ3v) is 1.08. The van der Waals surface area contributed by atoms with Gasteiger partial charge in [0.15, 0.2) is 0 Å². The zero-order valence-electron chi connectivity index (χ0n) is 5.45. The molecule has 0 spiro atoms. The molecule has 4 N–H and O–H groups in total. The van der Waals surface area contributed by atoms with Crippen molar-refractivity contribution in [2.75, 3.05) is 5.73 Å². The third kappa shape index (κ3) is 2.21. The van der Waals surface area contributed by atoms with Gasteiger partial charge in [-0.15, -0.1) is 12.4 Å². The molecule has 0 aliphatic heterocycles. The van der Waals surface area contributed by atoms with E-state index in [4.69, 9.17) is 11.5 Å². The lowest BCUT2D eigenvalue weighted by Crippen LogP contribution is -1.97. The largest absolute Gasteiger partial charge is 0.384 e. The minimum Gasteiger partial charge on any atom is -0.384 e. The van der Waals surface area contributed by atoms with Gasteiger partial charge < -0.3 is 11.5 Å². The van der Waals surface area contributed by atoms with Crippen LogP contribution in [0.5, 0.6) is 0 Å². The third-order valence-electron chi connectivity index (χ3n) is 1.08. The van der Waals surface area contributed by atoms with Crippen LogP contribution in [0.25, 0.3) is 0 Å². The second-order valence-electron chi connectivity index (χ2n) is 1.80. The molecule has 1 heterocycles. The number of pyridine rings is 1. The highest BCUT2D eigenvalue weighted by molar-refractivity contribution is 5.85. The zero-order valence-corrected chi connectivity index (χ0v) is 6.27. The van der Waals surface area contributed by atoms with Crippen molar-refractivity contribution >= 4 is 18.2 Å². The van der Waals surface area contributed by atoms with Gasteiger partial charge >= 0.3 is 0 Å². The molecule has 4 heteroatoms. The van der Waals surface area contributed by atoms with E-state index in [0.29, 0.717) is 12.4 Å². The minimum atomic E-state index is 0. The van der Waals surface area contributed by atoms with E-state index in [1.54, 1.807) is 12.3 Å². The van der Waals surface area contributed by atoms with Gasteiger partial charge in [0.25, 0.3) is 0 Å². The summed E-state index contributed by atoms with van der Waals surface area (Å²) in [7, 11) is 0. The van der Waals surface area contributed by atoms with E-state index in [1.807, 2.05) is 6.07 Å². The summed E-state index contributed by atoms with van der Waals surface area (Å²) < 4.78 is 0. The van der Waals surface area contributed by atoms with E-state index in [0.717, 1.165) is 5.56 Å². The van der Waals surface area contributed by atoms with Crippen LogP contribution in [-0.4, -0.2) is 4.98 Å². The highest BCUT2D eigenvalue weighted by Gasteiger charge is 1.86. The van der Waals surface area contributed by atoms with Gasteiger partial charge in [-0.2, -0.15) is 0 Å². The fourth-order valence-electron chi connectivity index (χ4n) is 0.557. The molecule has 0 saturated heterocycles. The van der Waals surface area contributed by atoms with Crippen LogP contribution in [0.4, 0.5) is 5.82 Å². The van der Waals surface area contributed by atoms with Crippen LogP contribution < -0.4 is 11.5 Å². The Morgan fingerprint density at radius 1 is 1.40 bits per heavy atom. The Balaban J connectivity index is 0.000000810. The number of nitrogens with zero attached hydrogens (tertiary/aromatic N) is 1. The summed E-state index contributed by atoms with van der Waals surface area (Å²) in [6.07, 6.45) is 1.68. The van der Waals surface area contributed by atoms with Crippen LogP contribution in [0.15, 0.2) is 18.3 Å². The minimum absolute atomic E-state index is 0. The number of anilines is 1. The smallest absolute Gasteiger partial charge is 0.123 e. The number of hydrogen-bond acceptors (Lipinski definition) is 3. The van der Waals surface area contributed by atoms with Crippen LogP contribution in [0, 0.1) is 0 Å². The van der Waals surface area contributed by atoms with Crippen molar-refractivity contribution in [1.29, 1.82) is 0 Å². The van der Waals surface area contributed by atoms with E-state index < -0.39 is 0 Å². The monoisotopic (exact) mass is 159 g/mol. The van der Waals surface area contributed by atoms with E-state index >= 15 is 0 Å². The topological polar surface area (TPSA) is 64.9 Å². The molecule has 1 aromatic heterocycles. The first-order valence-electron chi connectivity index (χ1n) is 2.73. The molecule has 0 saturated carbocycles. The summed E-state index contributed by atoms with van der Waals surface area (Å²) in [5, 5.41) is 0. The molecule has 0 atom stereocenters. The first-order valence-corrected chi connectivity index (χ1v) is 2.73. The van der Waals surface area contributed by atoms with E-state index in [9.17, 15) is 0 Å². The summed E-state index contributed by atoms with van der Waals surface area (Å²) in [4.78, 5) is 3.85. The number of nitrogen functional groups attached to an aromatic ring is 1. The maximum absolute atomic E-state index is 5.33. The van der Waals surface area contributed by atoms with Gasteiger partial charge in [0, 0.05) is 12.7 Å². The molecule has 0 unspecified atom stereocenters. The standard InChI is InChI=1S/C6H9N3.ClH/c7-3-5-1-2-6(8)9-4-5;/h1-2,4H,3,7H2,(H2,8,9);1H. The summed E-state index contributed by atoms with van der Waals surface area (Å²) in [6, 6.07) is 3.60. The van der Waals surface area contributed by atoms with Crippen molar-refractivity contribution in [2.24, 2.45) is 5.73 Å². The zero-order chi connectivity index (χ0) is 6.69. The van der Waals surface area contributed by atoms with Gasteiger partial charge in [-0.05, 0) is 11.6 Å². The lowest BCUT2D eigenvalue weighted by Gasteiger charge is -1.93. The Kier molecular flexibility index (Phi) is 3.76. The SMILES string of the molecule is Cl.NCc1ccc(N)nc1. The lowest BCUT2D eigenvalue weighted by molar-refractivity contribution is 1.05. The van der Waals surface area contributed by atoms with Crippen molar-refractivity contribution in [1.82, 2.24) is 4.98 Å². The Hall–Kier alpha value is -0.800. The molecule has 1 aromatic rings. The van der Waals surface area contributed by atoms with Crippen molar-refractivity contribution in [3.05, 3.63) is 23.9 Å². The van der Waals surface area contributed by atoms with E-state index in [2.05, 4.69) is 4.98 Å². The van der Waals surface area contributed by atoms with Gasteiger partial charge in [-0.3, -0.25) is 0 Å². The van der Waals surface area contributed by atoms with Gasteiger partial charge in [0.2, 0.25) is 0 Å². The summed E-state index contributed by atoms with van der Waals surface area (Å²) in [5.74, 6) is 0.534. The summed E-state index contributed by atoms with van der Waals surface area (Å²) in [6.45, 7) is 0.521. The second-order valence-corrected chi connectivity index (χ2v) is 1.80. The maximum Gasteiger partial charge on any atom is 0.123 e. The van der Waals surface area contributed by atoms with Crippen LogP contribution in [0.2, 0.25) is 0 Å². The normalized spacial score (nSPS) is 8.50. The van der Waals surface area contributed by atoms with Gasteiger partial charge in [-0.25, -0.2) is 4.98 Å². The second kappa shape index (κ2) is 4.09. The van der Waals surface area contributed by atoms with Crippen LogP contribution in [0.3, 0.4) is 0 Å². The van der Waals surface area contributed by atoms with Crippen LogP contribution >= 0.6 is 12.4 Å². The average molecular weight is 160 g/mol. The van der Waals surface area contributed by atoms with Crippen molar-refractivity contribution in [3.63, 3.8) is 0 Å². The summed E-state index contributed by atoms with van der Waals surface area (Å²) >= 11 is 0. The molecule has 0 aliphatic rings. The number of aromatic nitrogens is 1. The molecule has 1 rings (SSSR count). The lowest BCUT2D eigenvalue weighted by atomic mass is 10.3. The maximum atomic E-state index is 5.33. The molecule has 3 nitrogen and oxygen atoms in total. The molecule has 0 amide bonds. The van der Waals surface area contributed by atoms with Crippen LogP contribution in [-0.2, 0) is 6.54 Å². The van der Waals surface area contributed by atoms with Crippen molar-refractivity contribution in [2.45, 2.75) is 6.54 Å². The van der Waals surface area contributed by atoms with Gasteiger partial charge in [0.1, 0.15) is 5.82 Å². The molecule has 0 aliphatic carbocycles. The molecule has 0 fully saturated rings. The number of halogens is 1. The quantitative estimate of drug-likeness (QED) is 0.629.